The highest BCUT2D eigenvalue weighted by atomic mass is 79.9. The van der Waals surface area contributed by atoms with Crippen LogP contribution >= 0.6 is 15.9 Å². The molecule has 2 heteroatoms. The van der Waals surface area contributed by atoms with Gasteiger partial charge in [-0.25, -0.2) is 0 Å². The van der Waals surface area contributed by atoms with E-state index in [9.17, 15) is 0 Å². The SMILES string of the molecule is CC(Br)=CCOCc1ccccc1. The van der Waals surface area contributed by atoms with E-state index in [1.54, 1.807) is 0 Å². The molecule has 0 aliphatic heterocycles. The number of rotatable bonds is 4. The van der Waals surface area contributed by atoms with Gasteiger partial charge in [0, 0.05) is 0 Å². The Kier molecular flexibility index (Phi) is 4.79. The molecule has 0 aliphatic rings. The van der Waals surface area contributed by atoms with E-state index in [2.05, 4.69) is 28.1 Å². The van der Waals surface area contributed by atoms with E-state index in [1.807, 2.05) is 31.2 Å². The quantitative estimate of drug-likeness (QED) is 0.733. The van der Waals surface area contributed by atoms with Gasteiger partial charge in [-0.3, -0.25) is 0 Å². The Morgan fingerprint density at radius 3 is 2.69 bits per heavy atom. The lowest BCUT2D eigenvalue weighted by atomic mass is 10.2. The van der Waals surface area contributed by atoms with Crippen molar-refractivity contribution >= 4 is 15.9 Å². The second-order valence-corrected chi connectivity index (χ2v) is 4.04. The molecule has 0 saturated carbocycles. The van der Waals surface area contributed by atoms with Crippen LogP contribution in [0.4, 0.5) is 0 Å². The maximum atomic E-state index is 5.42. The second-order valence-electron chi connectivity index (χ2n) is 2.79. The molecule has 1 nitrogen and oxygen atoms in total. The van der Waals surface area contributed by atoms with E-state index in [4.69, 9.17) is 4.74 Å². The topological polar surface area (TPSA) is 9.23 Å². The monoisotopic (exact) mass is 240 g/mol. The average Bonchev–Trinajstić information content (AvgIpc) is 2.14. The lowest BCUT2D eigenvalue weighted by Gasteiger charge is -2.00. The number of allylic oxidation sites excluding steroid dienone is 1. The van der Waals surface area contributed by atoms with Gasteiger partial charge >= 0.3 is 0 Å². The molecule has 0 radical (unpaired) electrons. The molecule has 70 valence electrons. The molecular formula is C11H13BrO. The molecule has 0 unspecified atom stereocenters. The molecule has 1 rings (SSSR count). The minimum atomic E-state index is 0.659. The van der Waals surface area contributed by atoms with Gasteiger partial charge in [0.1, 0.15) is 0 Å². The largest absolute Gasteiger partial charge is 0.373 e. The normalized spacial score (nSPS) is 11.7. The van der Waals surface area contributed by atoms with Gasteiger partial charge in [0.2, 0.25) is 0 Å². The van der Waals surface area contributed by atoms with Gasteiger partial charge in [0.15, 0.2) is 0 Å². The fourth-order valence-electron chi connectivity index (χ4n) is 0.925. The van der Waals surface area contributed by atoms with Crippen LogP contribution in [0.3, 0.4) is 0 Å². The van der Waals surface area contributed by atoms with Crippen LogP contribution < -0.4 is 0 Å². The first kappa shape index (κ1) is 10.5. The number of ether oxygens (including phenoxy) is 1. The third-order valence-corrected chi connectivity index (χ3v) is 1.92. The third kappa shape index (κ3) is 4.86. The average molecular weight is 241 g/mol. The highest BCUT2D eigenvalue weighted by molar-refractivity contribution is 9.11. The van der Waals surface area contributed by atoms with Crippen LogP contribution in [0.1, 0.15) is 12.5 Å². The van der Waals surface area contributed by atoms with Crippen molar-refractivity contribution in [2.75, 3.05) is 6.61 Å². The van der Waals surface area contributed by atoms with Crippen LogP contribution in [0.5, 0.6) is 0 Å². The highest BCUT2D eigenvalue weighted by Crippen LogP contribution is 2.03. The Morgan fingerprint density at radius 2 is 2.08 bits per heavy atom. The summed E-state index contributed by atoms with van der Waals surface area (Å²) >= 11 is 3.34. The second kappa shape index (κ2) is 5.95. The molecule has 0 bridgehead atoms. The van der Waals surface area contributed by atoms with Crippen molar-refractivity contribution in [3.8, 4) is 0 Å². The standard InChI is InChI=1S/C11H13BrO/c1-10(12)7-8-13-9-11-5-3-2-4-6-11/h2-7H,8-9H2,1H3. The zero-order chi connectivity index (χ0) is 9.52. The van der Waals surface area contributed by atoms with E-state index in [0.29, 0.717) is 13.2 Å². The van der Waals surface area contributed by atoms with Gasteiger partial charge in [-0.1, -0.05) is 46.3 Å². The molecule has 0 atom stereocenters. The lowest BCUT2D eigenvalue weighted by molar-refractivity contribution is 0.148. The van der Waals surface area contributed by atoms with Crippen molar-refractivity contribution in [2.24, 2.45) is 0 Å². The smallest absolute Gasteiger partial charge is 0.0721 e. The fraction of sp³-hybridized carbons (Fsp3) is 0.273. The molecule has 0 spiro atoms. The fourth-order valence-corrected chi connectivity index (χ4v) is 1.06. The summed E-state index contributed by atoms with van der Waals surface area (Å²) in [7, 11) is 0. The van der Waals surface area contributed by atoms with Crippen molar-refractivity contribution in [2.45, 2.75) is 13.5 Å². The number of halogens is 1. The summed E-state index contributed by atoms with van der Waals surface area (Å²) in [5, 5.41) is 0. The van der Waals surface area contributed by atoms with E-state index < -0.39 is 0 Å². The molecule has 0 aliphatic carbocycles. The van der Waals surface area contributed by atoms with Gasteiger partial charge in [-0.05, 0) is 23.0 Å². The first-order valence-electron chi connectivity index (χ1n) is 4.23. The number of hydrogen-bond acceptors (Lipinski definition) is 1. The minimum absolute atomic E-state index is 0.659. The molecule has 13 heavy (non-hydrogen) atoms. The van der Waals surface area contributed by atoms with Gasteiger partial charge in [-0.2, -0.15) is 0 Å². The predicted molar refractivity (Wildman–Crippen MR) is 58.8 cm³/mol. The summed E-state index contributed by atoms with van der Waals surface area (Å²) in [6.07, 6.45) is 2.00. The summed E-state index contributed by atoms with van der Waals surface area (Å²) in [4.78, 5) is 0. The Morgan fingerprint density at radius 1 is 1.38 bits per heavy atom. The van der Waals surface area contributed by atoms with Gasteiger partial charge in [0.25, 0.3) is 0 Å². The Balaban J connectivity index is 2.25. The molecule has 1 aromatic carbocycles. The van der Waals surface area contributed by atoms with E-state index in [-0.39, 0.29) is 0 Å². The third-order valence-electron chi connectivity index (χ3n) is 1.59. The summed E-state index contributed by atoms with van der Waals surface area (Å²) in [6, 6.07) is 10.2. The van der Waals surface area contributed by atoms with Crippen molar-refractivity contribution in [3.63, 3.8) is 0 Å². The van der Waals surface area contributed by atoms with E-state index in [0.717, 1.165) is 4.48 Å². The van der Waals surface area contributed by atoms with Gasteiger partial charge in [0.05, 0.1) is 13.2 Å². The van der Waals surface area contributed by atoms with Crippen LogP contribution in [0, 0.1) is 0 Å². The maximum absolute atomic E-state index is 5.42. The molecule has 0 saturated heterocycles. The molecule has 0 fully saturated rings. The molecule has 0 heterocycles. The molecular weight excluding hydrogens is 228 g/mol. The van der Waals surface area contributed by atoms with Crippen LogP contribution in [-0.4, -0.2) is 6.61 Å². The molecule has 0 aromatic heterocycles. The van der Waals surface area contributed by atoms with Crippen LogP contribution in [-0.2, 0) is 11.3 Å². The zero-order valence-electron chi connectivity index (χ0n) is 7.66. The Labute approximate surface area is 87.5 Å². The summed E-state index contributed by atoms with van der Waals surface area (Å²) in [5.41, 5.74) is 1.21. The van der Waals surface area contributed by atoms with Gasteiger partial charge in [-0.15, -0.1) is 0 Å². The Hall–Kier alpha value is -0.600. The predicted octanol–water partition coefficient (Wildman–Crippen LogP) is 3.50. The van der Waals surface area contributed by atoms with Crippen LogP contribution in [0.25, 0.3) is 0 Å². The summed E-state index contributed by atoms with van der Waals surface area (Å²) in [5.74, 6) is 0. The summed E-state index contributed by atoms with van der Waals surface area (Å²) < 4.78 is 6.54. The molecule has 0 amide bonds. The van der Waals surface area contributed by atoms with Crippen molar-refractivity contribution in [3.05, 3.63) is 46.5 Å². The van der Waals surface area contributed by atoms with E-state index in [1.165, 1.54) is 5.56 Å². The molecule has 1 aromatic rings. The van der Waals surface area contributed by atoms with E-state index >= 15 is 0 Å². The number of hydrogen-bond donors (Lipinski definition) is 0. The first-order valence-corrected chi connectivity index (χ1v) is 5.02. The minimum Gasteiger partial charge on any atom is -0.373 e. The van der Waals surface area contributed by atoms with Crippen molar-refractivity contribution < 1.29 is 4.74 Å². The lowest BCUT2D eigenvalue weighted by Crippen LogP contribution is -1.92. The van der Waals surface area contributed by atoms with Gasteiger partial charge < -0.3 is 4.74 Å². The van der Waals surface area contributed by atoms with Crippen LogP contribution in [0.2, 0.25) is 0 Å². The number of benzene rings is 1. The zero-order valence-corrected chi connectivity index (χ0v) is 9.25. The molecule has 0 N–H and O–H groups in total. The summed E-state index contributed by atoms with van der Waals surface area (Å²) in [6.45, 7) is 3.33. The Bertz CT molecular complexity index is 263. The van der Waals surface area contributed by atoms with Crippen LogP contribution in [0.15, 0.2) is 40.9 Å². The maximum Gasteiger partial charge on any atom is 0.0721 e. The highest BCUT2D eigenvalue weighted by Gasteiger charge is 1.89. The van der Waals surface area contributed by atoms with Crippen molar-refractivity contribution in [1.29, 1.82) is 0 Å². The first-order chi connectivity index (χ1) is 6.29. The van der Waals surface area contributed by atoms with Crippen molar-refractivity contribution in [1.82, 2.24) is 0 Å².